The number of hydrogen-bond donors (Lipinski definition) is 1. The molecule has 0 bridgehead atoms. The lowest BCUT2D eigenvalue weighted by molar-refractivity contribution is -0.137. The summed E-state index contributed by atoms with van der Waals surface area (Å²) in [5, 5.41) is 11.5. The van der Waals surface area contributed by atoms with Crippen LogP contribution in [-0.4, -0.2) is 0 Å². The van der Waals surface area contributed by atoms with Crippen LogP contribution in [0.25, 0.3) is 0 Å². The number of alkyl halides is 3. The van der Waals surface area contributed by atoms with Gasteiger partial charge >= 0.3 is 6.18 Å². The summed E-state index contributed by atoms with van der Waals surface area (Å²) in [6.07, 6.45) is -4.49. The second-order valence-electron chi connectivity index (χ2n) is 4.66. The quantitative estimate of drug-likeness (QED) is 0.878. The van der Waals surface area contributed by atoms with E-state index in [1.165, 1.54) is 12.1 Å². The van der Waals surface area contributed by atoms with Crippen LogP contribution in [0, 0.1) is 25.2 Å². The molecule has 1 N–H and O–H groups in total. The van der Waals surface area contributed by atoms with E-state index < -0.39 is 11.7 Å². The average Bonchev–Trinajstić information content (AvgIpc) is 2.73. The topological polar surface area (TPSA) is 35.8 Å². The molecule has 0 aliphatic heterocycles. The van der Waals surface area contributed by atoms with Crippen LogP contribution < -0.4 is 5.32 Å². The van der Waals surface area contributed by atoms with Crippen LogP contribution in [0.5, 0.6) is 0 Å². The zero-order valence-electron chi connectivity index (χ0n) is 11.5. The maximum absolute atomic E-state index is 13.0. The van der Waals surface area contributed by atoms with Gasteiger partial charge in [-0.2, -0.15) is 18.4 Å². The molecule has 0 fully saturated rings. The number of halogens is 3. The Kier molecular flexibility index (Phi) is 4.24. The summed E-state index contributed by atoms with van der Waals surface area (Å²) in [4.78, 5) is 2.21. The highest BCUT2D eigenvalue weighted by atomic mass is 32.1. The molecule has 6 heteroatoms. The first kappa shape index (κ1) is 15.4. The molecule has 0 amide bonds. The van der Waals surface area contributed by atoms with Gasteiger partial charge in [-0.15, -0.1) is 11.3 Å². The van der Waals surface area contributed by atoms with E-state index in [9.17, 15) is 13.2 Å². The summed E-state index contributed by atoms with van der Waals surface area (Å²) >= 11 is 1.61. The van der Waals surface area contributed by atoms with Crippen molar-refractivity contribution in [1.29, 1.82) is 5.26 Å². The van der Waals surface area contributed by atoms with Gasteiger partial charge < -0.3 is 5.32 Å². The van der Waals surface area contributed by atoms with Gasteiger partial charge in [-0.1, -0.05) is 0 Å². The Labute approximate surface area is 124 Å². The minimum absolute atomic E-state index is 0.00423. The molecule has 0 atom stereocenters. The Balaban J connectivity index is 2.28. The highest BCUT2D eigenvalue weighted by molar-refractivity contribution is 7.12. The van der Waals surface area contributed by atoms with Gasteiger partial charge in [0.25, 0.3) is 0 Å². The molecular formula is C15H13F3N2S. The van der Waals surface area contributed by atoms with Crippen LogP contribution >= 0.6 is 11.3 Å². The third kappa shape index (κ3) is 3.56. The number of nitrogens with zero attached hydrogens (tertiary/aromatic N) is 1. The summed E-state index contributed by atoms with van der Waals surface area (Å²) in [6.45, 7) is 4.23. The molecule has 110 valence electrons. The van der Waals surface area contributed by atoms with Crippen molar-refractivity contribution in [3.05, 3.63) is 50.7 Å². The molecule has 0 unspecified atom stereocenters. The van der Waals surface area contributed by atoms with Crippen molar-refractivity contribution in [2.24, 2.45) is 0 Å². The molecule has 0 spiro atoms. The minimum atomic E-state index is -4.49. The van der Waals surface area contributed by atoms with Crippen molar-refractivity contribution in [2.45, 2.75) is 26.6 Å². The van der Waals surface area contributed by atoms with Crippen LogP contribution in [0.2, 0.25) is 0 Å². The Morgan fingerprint density at radius 1 is 1.24 bits per heavy atom. The Morgan fingerprint density at radius 2 is 1.95 bits per heavy atom. The number of thiophene rings is 1. The summed E-state index contributed by atoms with van der Waals surface area (Å²) in [6, 6.07) is 7.24. The van der Waals surface area contributed by atoms with Crippen molar-refractivity contribution in [2.75, 3.05) is 5.32 Å². The lowest BCUT2D eigenvalue weighted by Gasteiger charge is -2.14. The summed E-state index contributed by atoms with van der Waals surface area (Å²) in [7, 11) is 0. The lowest BCUT2D eigenvalue weighted by atomic mass is 10.1. The Bertz CT molecular complexity index is 696. The van der Waals surface area contributed by atoms with Crippen LogP contribution in [0.15, 0.2) is 24.3 Å². The highest BCUT2D eigenvalue weighted by Crippen LogP contribution is 2.36. The second kappa shape index (κ2) is 5.78. The van der Waals surface area contributed by atoms with Crippen molar-refractivity contribution in [3.63, 3.8) is 0 Å². The zero-order chi connectivity index (χ0) is 15.6. The SMILES string of the molecule is Cc1cc(CNc2ccc(C#N)cc2C(F)(F)F)c(C)s1. The smallest absolute Gasteiger partial charge is 0.380 e. The summed E-state index contributed by atoms with van der Waals surface area (Å²) in [5.41, 5.74) is 0.154. The van der Waals surface area contributed by atoms with E-state index in [1.54, 1.807) is 17.4 Å². The highest BCUT2D eigenvalue weighted by Gasteiger charge is 2.33. The van der Waals surface area contributed by atoms with Crippen molar-refractivity contribution in [1.82, 2.24) is 0 Å². The molecule has 1 heterocycles. The number of benzene rings is 1. The maximum Gasteiger partial charge on any atom is 0.418 e. The monoisotopic (exact) mass is 310 g/mol. The molecule has 2 nitrogen and oxygen atoms in total. The van der Waals surface area contributed by atoms with Gasteiger partial charge in [0, 0.05) is 22.0 Å². The van der Waals surface area contributed by atoms with Crippen LogP contribution in [0.1, 0.15) is 26.4 Å². The molecule has 0 saturated carbocycles. The lowest BCUT2D eigenvalue weighted by Crippen LogP contribution is -2.11. The van der Waals surface area contributed by atoms with Gasteiger partial charge in [0.05, 0.1) is 17.2 Å². The van der Waals surface area contributed by atoms with Crippen molar-refractivity contribution < 1.29 is 13.2 Å². The number of anilines is 1. The molecule has 0 radical (unpaired) electrons. The van der Waals surface area contributed by atoms with Crippen LogP contribution in [0.3, 0.4) is 0 Å². The van der Waals surface area contributed by atoms with E-state index in [-0.39, 0.29) is 11.3 Å². The molecule has 0 saturated heterocycles. The third-order valence-electron chi connectivity index (χ3n) is 3.07. The molecule has 21 heavy (non-hydrogen) atoms. The number of aryl methyl sites for hydroxylation is 2. The van der Waals surface area contributed by atoms with E-state index in [1.807, 2.05) is 19.9 Å². The average molecular weight is 310 g/mol. The van der Waals surface area contributed by atoms with Gasteiger partial charge in [0.1, 0.15) is 0 Å². The van der Waals surface area contributed by atoms with E-state index >= 15 is 0 Å². The van der Waals surface area contributed by atoms with Crippen LogP contribution in [-0.2, 0) is 12.7 Å². The molecule has 0 aliphatic carbocycles. The van der Waals surface area contributed by atoms with E-state index in [4.69, 9.17) is 5.26 Å². The van der Waals surface area contributed by atoms with Crippen molar-refractivity contribution >= 4 is 17.0 Å². The number of rotatable bonds is 3. The molecular weight excluding hydrogens is 297 g/mol. The summed E-state index contributed by atoms with van der Waals surface area (Å²) in [5.74, 6) is 0. The van der Waals surface area contributed by atoms with Crippen LogP contribution in [0.4, 0.5) is 18.9 Å². The Morgan fingerprint density at radius 3 is 2.48 bits per heavy atom. The summed E-state index contributed by atoms with van der Waals surface area (Å²) < 4.78 is 39.1. The Hall–Kier alpha value is -2.00. The van der Waals surface area contributed by atoms with E-state index in [0.717, 1.165) is 21.4 Å². The number of nitriles is 1. The van der Waals surface area contributed by atoms with Gasteiger partial charge in [0.15, 0.2) is 0 Å². The fourth-order valence-electron chi connectivity index (χ4n) is 2.05. The van der Waals surface area contributed by atoms with Gasteiger partial charge in [-0.3, -0.25) is 0 Å². The largest absolute Gasteiger partial charge is 0.418 e. The number of nitrogens with one attached hydrogen (secondary N) is 1. The second-order valence-corrected chi connectivity index (χ2v) is 6.12. The maximum atomic E-state index is 13.0. The van der Waals surface area contributed by atoms with E-state index in [2.05, 4.69) is 5.32 Å². The first-order valence-corrected chi connectivity index (χ1v) is 7.04. The predicted molar refractivity (Wildman–Crippen MR) is 77.3 cm³/mol. The van der Waals surface area contributed by atoms with E-state index in [0.29, 0.717) is 6.54 Å². The molecule has 2 rings (SSSR count). The van der Waals surface area contributed by atoms with Gasteiger partial charge in [-0.05, 0) is 43.7 Å². The molecule has 0 aliphatic rings. The van der Waals surface area contributed by atoms with Gasteiger partial charge in [-0.25, -0.2) is 0 Å². The normalized spacial score (nSPS) is 11.2. The van der Waals surface area contributed by atoms with Gasteiger partial charge in [0.2, 0.25) is 0 Å². The fraction of sp³-hybridized carbons (Fsp3) is 0.267. The third-order valence-corrected chi connectivity index (χ3v) is 4.08. The minimum Gasteiger partial charge on any atom is -0.380 e. The predicted octanol–water partition coefficient (Wildman–Crippen LogP) is 4.87. The standard InChI is InChI=1S/C15H13F3N2S/c1-9-5-12(10(2)21-9)8-20-14-4-3-11(7-19)6-13(14)15(16,17)18/h3-6,20H,8H2,1-2H3. The molecule has 1 aromatic heterocycles. The van der Waals surface area contributed by atoms with Crippen molar-refractivity contribution in [3.8, 4) is 6.07 Å². The first-order valence-electron chi connectivity index (χ1n) is 6.22. The fourth-order valence-corrected chi connectivity index (χ4v) is 3.00. The first-order chi connectivity index (χ1) is 9.81. The molecule has 2 aromatic rings. The zero-order valence-corrected chi connectivity index (χ0v) is 12.3. The number of hydrogen-bond acceptors (Lipinski definition) is 3. The molecule has 1 aromatic carbocycles.